The van der Waals surface area contributed by atoms with E-state index in [1.54, 1.807) is 62.3 Å². The largest absolute Gasteiger partial charge is 0.479 e. The first-order valence-electron chi connectivity index (χ1n) is 29.6. The van der Waals surface area contributed by atoms with E-state index in [1.807, 2.05) is 0 Å². The highest BCUT2D eigenvalue weighted by atomic mass is 19.1. The molecule has 6 heterocycles. The predicted molar refractivity (Wildman–Crippen MR) is 333 cm³/mol. The number of ether oxygens (including phenoxy) is 11. The molecule has 0 aliphatic carbocycles. The first-order valence-corrected chi connectivity index (χ1v) is 29.6. The number of nitrogens with one attached hydrogen (secondary N) is 3. The fourth-order valence-electron chi connectivity index (χ4n) is 7.75. The number of esters is 5. The molecule has 3 aliphatic rings. The van der Waals surface area contributed by atoms with Crippen LogP contribution in [0.1, 0.15) is 102 Å². The summed E-state index contributed by atoms with van der Waals surface area (Å²) in [5.74, 6) is -5.84. The van der Waals surface area contributed by atoms with Gasteiger partial charge in [0, 0.05) is 35.3 Å². The molecule has 3 saturated heterocycles. The predicted octanol–water partition coefficient (Wildman–Crippen LogP) is 2.07. The number of aliphatic carboxylic acids is 1. The van der Waals surface area contributed by atoms with Gasteiger partial charge in [0.05, 0.1) is 13.2 Å². The number of amides is 3. The van der Waals surface area contributed by atoms with E-state index >= 15 is 4.39 Å². The third-order valence-corrected chi connectivity index (χ3v) is 12.1. The molecule has 100 heavy (non-hydrogen) atoms. The number of nitrogens with zero attached hydrogens (tertiary/aromatic N) is 6. The molecule has 3 aromatic rings. The molecule has 3 amide bonds. The van der Waals surface area contributed by atoms with E-state index in [4.69, 9.17) is 48.1 Å². The summed E-state index contributed by atoms with van der Waals surface area (Å²) in [6, 6.07) is 3.70. The highest BCUT2D eigenvalue weighted by Crippen LogP contribution is 2.35. The number of hydrogen-bond donors (Lipinski definition) is 8. The number of anilines is 3. The zero-order valence-corrected chi connectivity index (χ0v) is 56.2. The molecule has 0 radical (unpaired) electrons. The number of alkyl halides is 3. The van der Waals surface area contributed by atoms with Crippen LogP contribution in [-0.4, -0.2) is 220 Å². The first kappa shape index (κ1) is 84.2. The quantitative estimate of drug-likeness (QED) is 0.0456. The lowest BCUT2D eigenvalue weighted by molar-refractivity contribution is -0.164. The van der Waals surface area contributed by atoms with E-state index in [9.17, 15) is 81.6 Å². The zero-order chi connectivity index (χ0) is 76.1. The van der Waals surface area contributed by atoms with Crippen molar-refractivity contribution in [2.24, 2.45) is 0 Å². The SMILES string of the molecule is C=C(C)C(=O)OCC(=O)O.C=C(C)C(=O)OCC(=O)OC[C@H]1O[C@@H](n2ccc(NC(=O)OC(C)(C)C)nc2=O)C(F)[C@H]1O.C=C(C)C(=O)OCC(=O)O[C@@H]1C(F)[C@H](n2ccc(NC(=O)OC(C)(C)C)nc2=O)O[C@@H]1CO.CC(C)(C)OC(=O)Nc1ccn([C@@H]2O[C@H](CO)[C@H](O)C2F)c(=O)n1. The molecule has 0 spiro atoms. The molecule has 40 heteroatoms. The molecular weight excluding hydrogens is 1350 g/mol. The van der Waals surface area contributed by atoms with Crippen molar-refractivity contribution < 1.29 is 134 Å². The van der Waals surface area contributed by atoms with Crippen LogP contribution in [0.5, 0.6) is 0 Å². The van der Waals surface area contributed by atoms with Gasteiger partial charge in [-0.05, 0) is 101 Å². The number of carboxylic acid groups (broad SMARTS) is 1. The number of aliphatic hydroxyl groups is 4. The van der Waals surface area contributed by atoms with Crippen LogP contribution in [0.15, 0.2) is 87.6 Å². The Morgan fingerprint density at radius 1 is 0.500 bits per heavy atom. The molecule has 3 aliphatic heterocycles. The molecule has 6 rings (SSSR count). The van der Waals surface area contributed by atoms with Gasteiger partial charge in [-0.1, -0.05) is 19.7 Å². The highest BCUT2D eigenvalue weighted by molar-refractivity contribution is 5.90. The Bertz CT molecular complexity index is 3640. The number of halogens is 3. The van der Waals surface area contributed by atoms with Crippen LogP contribution in [-0.2, 0) is 80.9 Å². The highest BCUT2D eigenvalue weighted by Gasteiger charge is 2.50. The number of carbonyl (C=O) groups is 9. The maximum Gasteiger partial charge on any atom is 0.413 e. The third-order valence-electron chi connectivity index (χ3n) is 12.1. The van der Waals surface area contributed by atoms with Crippen molar-refractivity contribution in [3.05, 3.63) is 105 Å². The number of aliphatic hydroxyl groups excluding tert-OH is 4. The summed E-state index contributed by atoms with van der Waals surface area (Å²) >= 11 is 0. The summed E-state index contributed by atoms with van der Waals surface area (Å²) in [4.78, 5) is 149. The molecule has 3 aromatic heterocycles. The topological polar surface area (TPSA) is 497 Å². The van der Waals surface area contributed by atoms with E-state index in [-0.39, 0.29) is 34.2 Å². The average molecular weight is 1430 g/mol. The Morgan fingerprint density at radius 2 is 0.810 bits per heavy atom. The first-order chi connectivity index (χ1) is 46.3. The summed E-state index contributed by atoms with van der Waals surface area (Å²) in [6.07, 6.45) is -18.2. The molecule has 3 unspecified atom stereocenters. The van der Waals surface area contributed by atoms with Crippen molar-refractivity contribution in [1.82, 2.24) is 28.7 Å². The van der Waals surface area contributed by atoms with Crippen LogP contribution in [0.25, 0.3) is 0 Å². The smallest absolute Gasteiger partial charge is 0.413 e. The Balaban J connectivity index is 0.000000368. The number of carbonyl (C=O) groups excluding carboxylic acids is 8. The molecule has 37 nitrogen and oxygen atoms in total. The summed E-state index contributed by atoms with van der Waals surface area (Å²) in [5, 5.41) is 53.0. The second kappa shape index (κ2) is 37.3. The van der Waals surface area contributed by atoms with Crippen LogP contribution in [0.4, 0.5) is 45.0 Å². The maximum absolute atomic E-state index is 15.0. The van der Waals surface area contributed by atoms with Gasteiger partial charge in [0.2, 0.25) is 0 Å². The molecule has 8 N–H and O–H groups in total. The van der Waals surface area contributed by atoms with Crippen molar-refractivity contribution in [3.8, 4) is 0 Å². The Labute approximate surface area is 566 Å². The number of carboxylic acids is 1. The monoisotopic (exact) mass is 1430 g/mol. The van der Waals surface area contributed by atoms with Gasteiger partial charge in [-0.15, -0.1) is 0 Å². The van der Waals surface area contributed by atoms with E-state index < -0.39 is 201 Å². The van der Waals surface area contributed by atoms with Crippen molar-refractivity contribution >= 4 is 71.5 Å². The van der Waals surface area contributed by atoms with E-state index in [0.717, 1.165) is 26.1 Å². The third kappa shape index (κ3) is 27.4. The second-order valence-electron chi connectivity index (χ2n) is 24.4. The van der Waals surface area contributed by atoms with E-state index in [2.05, 4.69) is 64.8 Å². The summed E-state index contributed by atoms with van der Waals surface area (Å²) < 4.78 is 100. The fourth-order valence-corrected chi connectivity index (χ4v) is 7.75. The molecule has 0 aromatic carbocycles. The van der Waals surface area contributed by atoms with Crippen LogP contribution in [0.2, 0.25) is 0 Å². The molecule has 554 valence electrons. The van der Waals surface area contributed by atoms with Crippen LogP contribution in [0.3, 0.4) is 0 Å². The Hall–Kier alpha value is -10.0. The minimum Gasteiger partial charge on any atom is -0.479 e. The lowest BCUT2D eigenvalue weighted by Crippen LogP contribution is -2.38. The molecule has 0 bridgehead atoms. The number of rotatable bonds is 20. The lowest BCUT2D eigenvalue weighted by atomic mass is 10.1. The number of aromatic nitrogens is 6. The minimum absolute atomic E-state index is 0.0557. The van der Waals surface area contributed by atoms with Crippen molar-refractivity contribution in [2.75, 3.05) is 55.6 Å². The van der Waals surface area contributed by atoms with Gasteiger partial charge in [0.25, 0.3) is 0 Å². The zero-order valence-electron chi connectivity index (χ0n) is 56.2. The summed E-state index contributed by atoms with van der Waals surface area (Å²) in [5.41, 5.74) is -4.74. The van der Waals surface area contributed by atoms with Gasteiger partial charge in [-0.2, -0.15) is 15.0 Å². The average Bonchev–Trinajstić information content (AvgIpc) is 1.65. The summed E-state index contributed by atoms with van der Waals surface area (Å²) in [6.45, 7) is 25.2. The van der Waals surface area contributed by atoms with Gasteiger partial charge < -0.3 is 77.6 Å². The van der Waals surface area contributed by atoms with Gasteiger partial charge in [-0.25, -0.2) is 70.7 Å². The van der Waals surface area contributed by atoms with Gasteiger partial charge in [0.15, 0.2) is 63.1 Å². The Kier molecular flexibility index (Phi) is 31.4. The van der Waals surface area contributed by atoms with Gasteiger partial charge in [-0.3, -0.25) is 29.7 Å². The van der Waals surface area contributed by atoms with Crippen molar-refractivity contribution in [1.29, 1.82) is 0 Å². The molecule has 3 fully saturated rings. The molecule has 12 atom stereocenters. The van der Waals surface area contributed by atoms with Crippen LogP contribution >= 0.6 is 0 Å². The van der Waals surface area contributed by atoms with Crippen LogP contribution in [0, 0.1) is 0 Å². The van der Waals surface area contributed by atoms with Gasteiger partial charge >= 0.3 is 71.2 Å². The number of hydrogen-bond acceptors (Lipinski definition) is 30. The Morgan fingerprint density at radius 3 is 1.12 bits per heavy atom. The normalized spacial score (nSPS) is 22.1. The molecular formula is C60H80F3N9O28. The minimum atomic E-state index is -2.06. The van der Waals surface area contributed by atoms with Gasteiger partial charge in [0.1, 0.15) is 71.4 Å². The van der Waals surface area contributed by atoms with E-state index in [1.165, 1.54) is 45.2 Å². The van der Waals surface area contributed by atoms with Crippen molar-refractivity contribution in [2.45, 2.75) is 174 Å². The fraction of sp³-hybridized carbons (Fsp3) is 0.550. The summed E-state index contributed by atoms with van der Waals surface area (Å²) in [7, 11) is 0. The lowest BCUT2D eigenvalue weighted by Gasteiger charge is -2.20. The standard InChI is InChI=1S/2C20H26FN3O9.C14H20FN3O6.C6H8O4/c1-10(2)17(27)31-9-13(25)30-8-11-15(26)14(21)16(32-11)24-7-6-12(22-18(24)28)23-19(29)33-20(3,4)5;1-10(2)17(27)30-9-13(26)32-15-11(8-25)31-16(14(15)21)24-7-6-12(22-18(24)28)23-19(29)33-20(3,4)5;1-14(2,3)24-13(22)17-8-4-5-18(12(21)16-8)11-9(15)10(20)7(6-19)23-11;1-4(2)6(9)10-3-5(7)8/h6-7,11,14-16,26H,1,8-9H2,2-5H3,(H,22,23,28,29);6-7,11,14-16,25H,1,8-9H2,2-5H3,(H,22,23,28,29);4-5,7,9-11,19-20H,6H2,1-3H3,(H,16,17,21,22);1,3H2,2H3,(H,7,8)/t2*11-,14?,15+,16-;7-,9?,10+,11-;/m111./s1. The second-order valence-corrected chi connectivity index (χ2v) is 24.4. The van der Waals surface area contributed by atoms with E-state index in [0.29, 0.717) is 0 Å². The van der Waals surface area contributed by atoms with Crippen LogP contribution < -0.4 is 33.0 Å². The maximum atomic E-state index is 15.0. The van der Waals surface area contributed by atoms with Crippen molar-refractivity contribution in [3.63, 3.8) is 0 Å². The molecule has 0 saturated carbocycles.